The second-order valence-corrected chi connectivity index (χ2v) is 7.80. The zero-order chi connectivity index (χ0) is 18.0. The first-order valence-corrected chi connectivity index (χ1v) is 10.1. The molecule has 0 aromatic rings. The summed E-state index contributed by atoms with van der Waals surface area (Å²) in [5, 5.41) is 17.4. The van der Waals surface area contributed by atoms with Crippen LogP contribution < -0.4 is 10.6 Å². The van der Waals surface area contributed by atoms with Crippen LogP contribution in [0.4, 0.5) is 0 Å². The number of guanidine groups is 1. The Kier molecular flexibility index (Phi) is 8.99. The van der Waals surface area contributed by atoms with E-state index in [9.17, 15) is 5.11 Å². The maximum Gasteiger partial charge on any atom is 0.191 e. The molecule has 146 valence electrons. The Bertz CT molecular complexity index is 389. The third-order valence-electron chi connectivity index (χ3n) is 5.16. The van der Waals surface area contributed by atoms with Crippen LogP contribution in [0.25, 0.3) is 0 Å². The van der Waals surface area contributed by atoms with Crippen molar-refractivity contribution in [3.05, 3.63) is 0 Å². The Morgan fingerprint density at radius 2 is 1.92 bits per heavy atom. The van der Waals surface area contributed by atoms with E-state index >= 15 is 0 Å². The fourth-order valence-corrected chi connectivity index (χ4v) is 3.75. The molecule has 2 fully saturated rings. The molecule has 0 radical (unpaired) electrons. The molecule has 1 aliphatic carbocycles. The third-order valence-corrected chi connectivity index (χ3v) is 5.16. The molecule has 3 N–H and O–H groups in total. The predicted molar refractivity (Wildman–Crippen MR) is 103 cm³/mol. The quantitative estimate of drug-likeness (QED) is 0.456. The van der Waals surface area contributed by atoms with Crippen molar-refractivity contribution in [2.45, 2.75) is 58.0 Å². The number of nitrogens with zero attached hydrogens (tertiary/aromatic N) is 2. The summed E-state index contributed by atoms with van der Waals surface area (Å²) in [6.45, 7) is 10.1. The van der Waals surface area contributed by atoms with E-state index < -0.39 is 5.60 Å². The van der Waals surface area contributed by atoms with Crippen LogP contribution in [0.3, 0.4) is 0 Å². The highest BCUT2D eigenvalue weighted by molar-refractivity contribution is 5.79. The zero-order valence-corrected chi connectivity index (χ0v) is 16.2. The normalized spacial score (nSPS) is 23.2. The smallest absolute Gasteiger partial charge is 0.191 e. The van der Waals surface area contributed by atoms with Crippen LogP contribution in [0.15, 0.2) is 4.99 Å². The maximum absolute atomic E-state index is 10.7. The fraction of sp³-hybridized carbons (Fsp3) is 0.947. The van der Waals surface area contributed by atoms with Crippen LogP contribution in [0, 0.1) is 5.92 Å². The van der Waals surface area contributed by atoms with Crippen molar-refractivity contribution in [1.29, 1.82) is 0 Å². The van der Waals surface area contributed by atoms with E-state index in [1.54, 1.807) is 0 Å². The Morgan fingerprint density at radius 3 is 2.60 bits per heavy atom. The molecule has 2 rings (SSSR count). The van der Waals surface area contributed by atoms with Gasteiger partial charge in [-0.3, -0.25) is 9.89 Å². The summed E-state index contributed by atoms with van der Waals surface area (Å²) in [7, 11) is 0. The molecule has 2 aliphatic rings. The van der Waals surface area contributed by atoms with Crippen LogP contribution in [0.2, 0.25) is 0 Å². The summed E-state index contributed by atoms with van der Waals surface area (Å²) in [6, 6.07) is 0. The molecule has 0 aromatic carbocycles. The first-order chi connectivity index (χ1) is 12.1. The number of hydrogen-bond acceptors (Lipinski definition) is 4. The molecule has 1 saturated carbocycles. The first-order valence-electron chi connectivity index (χ1n) is 10.1. The summed E-state index contributed by atoms with van der Waals surface area (Å²) in [4.78, 5) is 6.87. The van der Waals surface area contributed by atoms with Crippen molar-refractivity contribution in [3.8, 4) is 0 Å². The van der Waals surface area contributed by atoms with Gasteiger partial charge in [0.1, 0.15) is 0 Å². The van der Waals surface area contributed by atoms with Crippen LogP contribution in [0.1, 0.15) is 52.4 Å². The largest absolute Gasteiger partial charge is 0.387 e. The minimum Gasteiger partial charge on any atom is -0.387 e. The summed E-state index contributed by atoms with van der Waals surface area (Å²) >= 11 is 0. The van der Waals surface area contributed by atoms with Gasteiger partial charge in [-0.1, -0.05) is 32.1 Å². The van der Waals surface area contributed by atoms with Gasteiger partial charge in [0.25, 0.3) is 0 Å². The molecule has 1 saturated heterocycles. The van der Waals surface area contributed by atoms with Gasteiger partial charge in [-0.15, -0.1) is 0 Å². The third kappa shape index (κ3) is 8.38. The summed E-state index contributed by atoms with van der Waals surface area (Å²) in [5.74, 6) is 1.69. The van der Waals surface area contributed by atoms with Crippen LogP contribution >= 0.6 is 0 Å². The molecule has 6 nitrogen and oxygen atoms in total. The maximum atomic E-state index is 10.7. The Balaban J connectivity index is 1.74. The topological polar surface area (TPSA) is 69.1 Å². The fourth-order valence-electron chi connectivity index (χ4n) is 3.75. The van der Waals surface area contributed by atoms with Gasteiger partial charge >= 0.3 is 0 Å². The highest BCUT2D eigenvalue weighted by Gasteiger charge is 2.25. The monoisotopic (exact) mass is 354 g/mol. The van der Waals surface area contributed by atoms with Crippen molar-refractivity contribution >= 4 is 5.96 Å². The number of nitrogens with one attached hydrogen (secondary N) is 2. The molecule has 0 aromatic heterocycles. The molecule has 0 bridgehead atoms. The van der Waals surface area contributed by atoms with E-state index in [0.29, 0.717) is 13.1 Å². The standard InChI is InChI=1S/C19H38N4O2/c1-3-20-18(21-10-9-17-7-5-4-6-8-17)22-15-19(2,24)16-23-11-13-25-14-12-23/h17,24H,3-16H2,1-2H3,(H2,20,21,22). The average Bonchev–Trinajstić information content (AvgIpc) is 2.61. The minimum absolute atomic E-state index is 0.406. The van der Waals surface area contributed by atoms with E-state index in [4.69, 9.17) is 4.74 Å². The van der Waals surface area contributed by atoms with Crippen molar-refractivity contribution in [3.63, 3.8) is 0 Å². The summed E-state index contributed by atoms with van der Waals surface area (Å²) in [6.07, 6.45) is 8.17. The van der Waals surface area contributed by atoms with E-state index in [0.717, 1.165) is 51.3 Å². The number of rotatable bonds is 8. The van der Waals surface area contributed by atoms with E-state index in [1.165, 1.54) is 38.5 Å². The first kappa shape index (κ1) is 20.5. The van der Waals surface area contributed by atoms with Gasteiger partial charge in [0.15, 0.2) is 5.96 Å². The van der Waals surface area contributed by atoms with Crippen LogP contribution in [-0.4, -0.2) is 74.0 Å². The molecular formula is C19H38N4O2. The van der Waals surface area contributed by atoms with Crippen LogP contribution in [-0.2, 0) is 4.74 Å². The highest BCUT2D eigenvalue weighted by atomic mass is 16.5. The molecule has 6 heteroatoms. The van der Waals surface area contributed by atoms with Crippen molar-refractivity contribution in [2.24, 2.45) is 10.9 Å². The van der Waals surface area contributed by atoms with Gasteiger partial charge in [-0.25, -0.2) is 0 Å². The lowest BCUT2D eigenvalue weighted by Gasteiger charge is -2.33. The zero-order valence-electron chi connectivity index (χ0n) is 16.2. The highest BCUT2D eigenvalue weighted by Crippen LogP contribution is 2.25. The number of hydrogen-bond donors (Lipinski definition) is 3. The lowest BCUT2D eigenvalue weighted by atomic mass is 9.87. The van der Waals surface area contributed by atoms with E-state index in [2.05, 4.69) is 27.4 Å². The summed E-state index contributed by atoms with van der Waals surface area (Å²) < 4.78 is 5.37. The van der Waals surface area contributed by atoms with Gasteiger partial charge in [0.05, 0.1) is 25.4 Å². The molecular weight excluding hydrogens is 316 g/mol. The average molecular weight is 355 g/mol. The van der Waals surface area contributed by atoms with Gasteiger partial charge < -0.3 is 20.5 Å². The minimum atomic E-state index is -0.816. The summed E-state index contributed by atoms with van der Waals surface area (Å²) in [5.41, 5.74) is -0.816. The molecule has 1 atom stereocenters. The van der Waals surface area contributed by atoms with Crippen molar-refractivity contribution < 1.29 is 9.84 Å². The number of ether oxygens (including phenoxy) is 1. The molecule has 25 heavy (non-hydrogen) atoms. The number of β-amino-alcohol motifs (C(OH)–C–C–N with tert-alkyl or cyclic N) is 1. The van der Waals surface area contributed by atoms with E-state index in [1.807, 2.05) is 6.92 Å². The van der Waals surface area contributed by atoms with E-state index in [-0.39, 0.29) is 0 Å². The van der Waals surface area contributed by atoms with Crippen LogP contribution in [0.5, 0.6) is 0 Å². The molecule has 1 unspecified atom stereocenters. The number of aliphatic hydroxyl groups is 1. The van der Waals surface area contributed by atoms with Crippen molar-refractivity contribution in [1.82, 2.24) is 15.5 Å². The van der Waals surface area contributed by atoms with Gasteiger partial charge in [0, 0.05) is 32.7 Å². The second-order valence-electron chi connectivity index (χ2n) is 7.80. The van der Waals surface area contributed by atoms with Gasteiger partial charge in [-0.2, -0.15) is 0 Å². The molecule has 1 aliphatic heterocycles. The predicted octanol–water partition coefficient (Wildman–Crippen LogP) is 1.60. The number of morpholine rings is 1. The Hall–Kier alpha value is -0.850. The van der Waals surface area contributed by atoms with Crippen molar-refractivity contribution in [2.75, 3.05) is 52.5 Å². The number of aliphatic imine (C=N–C) groups is 1. The second kappa shape index (κ2) is 11.0. The molecule has 0 spiro atoms. The Morgan fingerprint density at radius 1 is 1.20 bits per heavy atom. The SMILES string of the molecule is CCNC(=NCC(C)(O)CN1CCOCC1)NCCC1CCCCC1. The lowest BCUT2D eigenvalue weighted by molar-refractivity contribution is -0.0179. The molecule has 1 heterocycles. The Labute approximate surface area is 153 Å². The lowest BCUT2D eigenvalue weighted by Crippen LogP contribution is -2.48. The van der Waals surface area contributed by atoms with Gasteiger partial charge in [-0.05, 0) is 26.2 Å². The van der Waals surface area contributed by atoms with Gasteiger partial charge in [0.2, 0.25) is 0 Å². The molecule has 0 amide bonds.